The van der Waals surface area contributed by atoms with Crippen LogP contribution in [-0.2, 0) is 23.0 Å². The van der Waals surface area contributed by atoms with Gasteiger partial charge in [0.2, 0.25) is 10.0 Å². The molecular weight excluding hydrogens is 434 g/mol. The standard InChI is InChI=1S/C26H31N3O3S/c1-18-13-20-21(27-22-15-26(2,3)16-23(30)25(20)22)14-24(18)33(31,32)29-11-9-28(10-12-29)17-19-7-5-4-6-8-19/h4-8,13-14,27H,9-12,15-17H2,1-3H3. The Labute approximate surface area is 195 Å². The number of piperazine rings is 1. The Bertz CT molecular complexity index is 1320. The molecule has 0 amide bonds. The van der Waals surface area contributed by atoms with E-state index in [1.54, 1.807) is 10.4 Å². The average molecular weight is 466 g/mol. The van der Waals surface area contributed by atoms with Gasteiger partial charge in [0, 0.05) is 61.3 Å². The van der Waals surface area contributed by atoms with Crippen LogP contribution in [0.4, 0.5) is 0 Å². The summed E-state index contributed by atoms with van der Waals surface area (Å²) in [4.78, 5) is 18.8. The van der Waals surface area contributed by atoms with E-state index in [9.17, 15) is 13.2 Å². The molecule has 1 fully saturated rings. The third-order valence-electron chi connectivity index (χ3n) is 6.94. The molecule has 1 saturated heterocycles. The number of aromatic nitrogens is 1. The monoisotopic (exact) mass is 465 g/mol. The average Bonchev–Trinajstić information content (AvgIpc) is 3.10. The quantitative estimate of drug-likeness (QED) is 0.629. The molecule has 0 spiro atoms. The Morgan fingerprint density at radius 2 is 1.70 bits per heavy atom. The van der Waals surface area contributed by atoms with Gasteiger partial charge in [-0.05, 0) is 42.0 Å². The lowest BCUT2D eigenvalue weighted by Crippen LogP contribution is -2.48. The molecule has 0 saturated carbocycles. The summed E-state index contributed by atoms with van der Waals surface area (Å²) in [5, 5.41) is 0.842. The molecule has 0 bridgehead atoms. The van der Waals surface area contributed by atoms with Crippen molar-refractivity contribution < 1.29 is 13.2 Å². The number of nitrogens with zero attached hydrogens (tertiary/aromatic N) is 2. The van der Waals surface area contributed by atoms with Crippen molar-refractivity contribution in [3.63, 3.8) is 0 Å². The lowest BCUT2D eigenvalue weighted by Gasteiger charge is -2.34. The molecule has 0 atom stereocenters. The molecule has 1 aliphatic heterocycles. The zero-order chi connectivity index (χ0) is 23.4. The Balaban J connectivity index is 1.39. The van der Waals surface area contributed by atoms with Crippen LogP contribution in [0.2, 0.25) is 0 Å². The predicted octanol–water partition coefficient (Wildman–Crippen LogP) is 4.14. The largest absolute Gasteiger partial charge is 0.358 e. The van der Waals surface area contributed by atoms with Gasteiger partial charge in [-0.2, -0.15) is 4.31 Å². The smallest absolute Gasteiger partial charge is 0.243 e. The van der Waals surface area contributed by atoms with Crippen molar-refractivity contribution in [1.82, 2.24) is 14.2 Å². The maximum Gasteiger partial charge on any atom is 0.243 e. The number of hydrogen-bond donors (Lipinski definition) is 1. The van der Waals surface area contributed by atoms with Crippen molar-refractivity contribution >= 4 is 26.7 Å². The van der Waals surface area contributed by atoms with E-state index in [0.717, 1.165) is 35.1 Å². The van der Waals surface area contributed by atoms with E-state index in [2.05, 4.69) is 35.9 Å². The molecule has 33 heavy (non-hydrogen) atoms. The van der Waals surface area contributed by atoms with Crippen LogP contribution in [0.25, 0.3) is 10.9 Å². The van der Waals surface area contributed by atoms with E-state index in [1.165, 1.54) is 5.56 Å². The van der Waals surface area contributed by atoms with Crippen molar-refractivity contribution in [3.8, 4) is 0 Å². The summed E-state index contributed by atoms with van der Waals surface area (Å²) >= 11 is 0. The van der Waals surface area contributed by atoms with Crippen LogP contribution in [0.15, 0.2) is 47.4 Å². The second-order valence-corrected chi connectivity index (χ2v) is 12.2. The highest BCUT2D eigenvalue weighted by Crippen LogP contribution is 2.39. The fourth-order valence-electron chi connectivity index (χ4n) is 5.29. The molecule has 5 rings (SSSR count). The molecule has 0 unspecified atom stereocenters. The number of rotatable bonds is 4. The van der Waals surface area contributed by atoms with Gasteiger partial charge in [-0.1, -0.05) is 44.2 Å². The van der Waals surface area contributed by atoms with E-state index in [0.29, 0.717) is 43.1 Å². The second kappa shape index (κ2) is 8.08. The third kappa shape index (κ3) is 4.14. The molecule has 1 aromatic heterocycles. The van der Waals surface area contributed by atoms with Crippen LogP contribution >= 0.6 is 0 Å². The number of nitrogens with one attached hydrogen (secondary N) is 1. The van der Waals surface area contributed by atoms with Gasteiger partial charge in [-0.25, -0.2) is 8.42 Å². The number of aromatic amines is 1. The van der Waals surface area contributed by atoms with Gasteiger partial charge in [0.05, 0.1) is 4.90 Å². The fourth-order valence-corrected chi connectivity index (χ4v) is 6.94. The number of hydrogen-bond acceptors (Lipinski definition) is 4. The zero-order valence-corrected chi connectivity index (χ0v) is 20.3. The highest BCUT2D eigenvalue weighted by Gasteiger charge is 2.35. The van der Waals surface area contributed by atoms with E-state index >= 15 is 0 Å². The third-order valence-corrected chi connectivity index (χ3v) is 8.98. The zero-order valence-electron chi connectivity index (χ0n) is 19.5. The lowest BCUT2D eigenvalue weighted by atomic mass is 9.76. The molecule has 2 heterocycles. The number of sulfonamides is 1. The maximum absolute atomic E-state index is 13.6. The second-order valence-electron chi connectivity index (χ2n) is 10.2. The number of carbonyl (C=O) groups is 1. The first-order valence-electron chi connectivity index (χ1n) is 11.6. The number of benzene rings is 2. The van der Waals surface area contributed by atoms with Gasteiger partial charge in [-0.15, -0.1) is 0 Å². The highest BCUT2D eigenvalue weighted by atomic mass is 32.2. The summed E-state index contributed by atoms with van der Waals surface area (Å²) in [6.45, 7) is 9.20. The Morgan fingerprint density at radius 1 is 1.00 bits per heavy atom. The van der Waals surface area contributed by atoms with Gasteiger partial charge in [0.15, 0.2) is 5.78 Å². The summed E-state index contributed by atoms with van der Waals surface area (Å²) in [6, 6.07) is 13.9. The maximum atomic E-state index is 13.6. The van der Waals surface area contributed by atoms with Gasteiger partial charge in [-0.3, -0.25) is 9.69 Å². The molecule has 6 nitrogen and oxygen atoms in total. The number of aryl methyl sites for hydroxylation is 1. The van der Waals surface area contributed by atoms with Crippen LogP contribution in [0, 0.1) is 12.3 Å². The first-order chi connectivity index (χ1) is 15.6. The fraction of sp³-hybridized carbons (Fsp3) is 0.423. The van der Waals surface area contributed by atoms with Crippen molar-refractivity contribution in [2.45, 2.75) is 45.1 Å². The van der Waals surface area contributed by atoms with Crippen LogP contribution in [0.3, 0.4) is 0 Å². The Kier molecular flexibility index (Phi) is 5.46. The molecule has 2 aromatic carbocycles. The van der Waals surface area contributed by atoms with Crippen molar-refractivity contribution in [3.05, 3.63) is 64.8 Å². The number of fused-ring (bicyclic) bond motifs is 3. The SMILES string of the molecule is Cc1cc2c3c([nH]c2cc1S(=O)(=O)N1CCN(Cc2ccccc2)CC1)CC(C)(C)CC3=O. The van der Waals surface area contributed by atoms with E-state index < -0.39 is 10.0 Å². The Morgan fingerprint density at radius 3 is 2.39 bits per heavy atom. The predicted molar refractivity (Wildman–Crippen MR) is 130 cm³/mol. The van der Waals surface area contributed by atoms with Crippen molar-refractivity contribution in [2.75, 3.05) is 26.2 Å². The van der Waals surface area contributed by atoms with Gasteiger partial charge >= 0.3 is 0 Å². The number of carbonyl (C=O) groups excluding carboxylic acids is 1. The molecule has 2 aliphatic rings. The van der Waals surface area contributed by atoms with Crippen molar-refractivity contribution in [2.24, 2.45) is 5.41 Å². The van der Waals surface area contributed by atoms with Gasteiger partial charge < -0.3 is 4.98 Å². The number of ketones is 1. The summed E-state index contributed by atoms with van der Waals surface area (Å²) in [5.74, 6) is 0.136. The van der Waals surface area contributed by atoms with Gasteiger partial charge in [0.1, 0.15) is 0 Å². The minimum absolute atomic E-state index is 0.0890. The van der Waals surface area contributed by atoms with E-state index in [-0.39, 0.29) is 11.2 Å². The van der Waals surface area contributed by atoms with Crippen LogP contribution in [0.5, 0.6) is 0 Å². The molecule has 3 aromatic rings. The molecular formula is C26H31N3O3S. The molecule has 7 heteroatoms. The minimum Gasteiger partial charge on any atom is -0.358 e. The van der Waals surface area contributed by atoms with Crippen molar-refractivity contribution in [1.29, 1.82) is 0 Å². The highest BCUT2D eigenvalue weighted by molar-refractivity contribution is 7.89. The topological polar surface area (TPSA) is 73.5 Å². The summed E-state index contributed by atoms with van der Waals surface area (Å²) < 4.78 is 28.7. The first kappa shape index (κ1) is 22.3. The molecule has 174 valence electrons. The normalized spacial score (nSPS) is 19.7. The Hall–Kier alpha value is -2.48. The molecule has 0 radical (unpaired) electrons. The minimum atomic E-state index is -3.62. The van der Waals surface area contributed by atoms with Gasteiger partial charge in [0.25, 0.3) is 0 Å². The number of Topliss-reactive ketones (excluding diaryl/α,β-unsaturated/α-hetero) is 1. The first-order valence-corrected chi connectivity index (χ1v) is 13.0. The van der Waals surface area contributed by atoms with E-state index in [1.807, 2.05) is 31.2 Å². The molecule has 1 N–H and O–H groups in total. The summed E-state index contributed by atoms with van der Waals surface area (Å²) in [6.07, 6.45) is 1.30. The van der Waals surface area contributed by atoms with Crippen LogP contribution in [0.1, 0.15) is 47.4 Å². The summed E-state index contributed by atoms with van der Waals surface area (Å²) in [7, 11) is -3.62. The molecule has 1 aliphatic carbocycles. The van der Waals surface area contributed by atoms with Crippen LogP contribution < -0.4 is 0 Å². The summed E-state index contributed by atoms with van der Waals surface area (Å²) in [5.41, 5.74) is 4.24. The number of H-pyrrole nitrogens is 1. The lowest BCUT2D eigenvalue weighted by molar-refractivity contribution is 0.0913. The van der Waals surface area contributed by atoms with Crippen LogP contribution in [-0.4, -0.2) is 54.6 Å². The van der Waals surface area contributed by atoms with E-state index in [4.69, 9.17) is 0 Å².